The molecule has 2 heteroatoms. The van der Waals surface area contributed by atoms with Crippen LogP contribution >= 0.6 is 0 Å². The Morgan fingerprint density at radius 3 is 2.41 bits per heavy atom. The zero-order valence-electron chi connectivity index (χ0n) is 10.1. The van der Waals surface area contributed by atoms with Gasteiger partial charge in [0.2, 0.25) is 0 Å². The van der Waals surface area contributed by atoms with Crippen molar-refractivity contribution < 1.29 is 9.90 Å². The Hall–Kier alpha value is -1.31. The lowest BCUT2D eigenvalue weighted by Crippen LogP contribution is -2.38. The number of carboxylic acid groups (broad SMARTS) is 1. The van der Waals surface area contributed by atoms with Gasteiger partial charge in [0.15, 0.2) is 0 Å². The number of aliphatic carboxylic acids is 1. The van der Waals surface area contributed by atoms with Crippen molar-refractivity contribution in [1.82, 2.24) is 0 Å². The first-order valence-corrected chi connectivity index (χ1v) is 6.52. The summed E-state index contributed by atoms with van der Waals surface area (Å²) in [6.07, 6.45) is 6.30. The fourth-order valence-corrected chi connectivity index (χ4v) is 2.85. The van der Waals surface area contributed by atoms with Crippen LogP contribution in [0, 0.1) is 11.8 Å². The Bertz CT molecular complexity index is 352. The predicted molar refractivity (Wildman–Crippen MR) is 65.2 cm³/mol. The van der Waals surface area contributed by atoms with Crippen molar-refractivity contribution in [2.75, 3.05) is 0 Å². The minimum absolute atomic E-state index is 0.308. The van der Waals surface area contributed by atoms with Gasteiger partial charge in [-0.15, -0.1) is 0 Å². The molecule has 0 aliphatic heterocycles. The summed E-state index contributed by atoms with van der Waals surface area (Å²) in [6.45, 7) is 0. The average Bonchev–Trinajstić information content (AvgIpc) is 2.38. The van der Waals surface area contributed by atoms with Crippen molar-refractivity contribution in [2.24, 2.45) is 11.8 Å². The summed E-state index contributed by atoms with van der Waals surface area (Å²) in [5.41, 5.74) is 1.10. The van der Waals surface area contributed by atoms with E-state index in [0.29, 0.717) is 12.3 Å². The van der Waals surface area contributed by atoms with E-state index in [1.54, 1.807) is 0 Å². The van der Waals surface area contributed by atoms with Gasteiger partial charge in [-0.1, -0.05) is 49.6 Å². The standard InChI is InChI=1S/C15H20O2/c16-15(17)14(13-9-5-2-6-10-13)11-12-7-3-1-4-8-12/h1,3-4,7-8,13-14H,2,5-6,9-11H2,(H,16,17)/p-1. The summed E-state index contributed by atoms with van der Waals surface area (Å²) in [7, 11) is 0. The molecule has 0 amide bonds. The molecule has 17 heavy (non-hydrogen) atoms. The Kier molecular flexibility index (Phi) is 4.18. The summed E-state index contributed by atoms with van der Waals surface area (Å²) >= 11 is 0. The minimum atomic E-state index is -0.874. The lowest BCUT2D eigenvalue weighted by atomic mass is 9.77. The fraction of sp³-hybridized carbons (Fsp3) is 0.533. The van der Waals surface area contributed by atoms with Crippen LogP contribution in [0.3, 0.4) is 0 Å². The van der Waals surface area contributed by atoms with Gasteiger partial charge in [0, 0.05) is 11.9 Å². The van der Waals surface area contributed by atoms with Crippen LogP contribution in [0.1, 0.15) is 37.7 Å². The van der Waals surface area contributed by atoms with Crippen molar-refractivity contribution in [3.8, 4) is 0 Å². The van der Waals surface area contributed by atoms with Gasteiger partial charge in [0.05, 0.1) is 0 Å². The second-order valence-corrected chi connectivity index (χ2v) is 5.01. The van der Waals surface area contributed by atoms with Crippen LogP contribution in [0.15, 0.2) is 30.3 Å². The number of hydrogen-bond donors (Lipinski definition) is 0. The van der Waals surface area contributed by atoms with E-state index in [4.69, 9.17) is 0 Å². The van der Waals surface area contributed by atoms with E-state index in [0.717, 1.165) is 18.4 Å². The lowest BCUT2D eigenvalue weighted by Gasteiger charge is -2.31. The smallest absolute Gasteiger partial charge is 0.0451 e. The molecule has 1 unspecified atom stereocenters. The summed E-state index contributed by atoms with van der Waals surface area (Å²) in [4.78, 5) is 11.3. The normalized spacial score (nSPS) is 18.8. The highest BCUT2D eigenvalue weighted by molar-refractivity contribution is 5.68. The zero-order valence-corrected chi connectivity index (χ0v) is 10.1. The Labute approximate surface area is 103 Å². The highest BCUT2D eigenvalue weighted by Crippen LogP contribution is 2.31. The van der Waals surface area contributed by atoms with E-state index in [-0.39, 0.29) is 5.92 Å². The predicted octanol–water partition coefficient (Wildman–Crippen LogP) is 2.18. The summed E-state index contributed by atoms with van der Waals surface area (Å²) in [6, 6.07) is 9.88. The molecule has 1 aromatic rings. The Balaban J connectivity index is 2.04. The molecule has 1 fully saturated rings. The van der Waals surface area contributed by atoms with Gasteiger partial charge in [-0.3, -0.25) is 0 Å². The van der Waals surface area contributed by atoms with E-state index >= 15 is 0 Å². The Morgan fingerprint density at radius 2 is 1.82 bits per heavy atom. The maximum atomic E-state index is 11.3. The van der Waals surface area contributed by atoms with Crippen molar-refractivity contribution in [3.05, 3.63) is 35.9 Å². The SMILES string of the molecule is O=C([O-])C(Cc1ccccc1)C1CCCCC1. The lowest BCUT2D eigenvalue weighted by molar-refractivity contribution is -0.313. The van der Waals surface area contributed by atoms with Gasteiger partial charge in [-0.05, 0) is 30.7 Å². The monoisotopic (exact) mass is 231 g/mol. The van der Waals surface area contributed by atoms with Crippen LogP contribution in [0.4, 0.5) is 0 Å². The summed E-state index contributed by atoms with van der Waals surface area (Å²) in [5.74, 6) is -0.868. The molecular formula is C15H19O2-. The molecule has 0 heterocycles. The quantitative estimate of drug-likeness (QED) is 0.796. The fourth-order valence-electron chi connectivity index (χ4n) is 2.85. The molecule has 92 valence electrons. The van der Waals surface area contributed by atoms with Crippen molar-refractivity contribution in [1.29, 1.82) is 0 Å². The second kappa shape index (κ2) is 5.85. The molecular weight excluding hydrogens is 212 g/mol. The third kappa shape index (κ3) is 3.32. The average molecular weight is 231 g/mol. The number of benzene rings is 1. The number of carbonyl (C=O) groups excluding carboxylic acids is 1. The molecule has 0 aromatic heterocycles. The van der Waals surface area contributed by atoms with Crippen LogP contribution < -0.4 is 5.11 Å². The van der Waals surface area contributed by atoms with Crippen molar-refractivity contribution >= 4 is 5.97 Å². The first kappa shape index (κ1) is 12.2. The van der Waals surface area contributed by atoms with Crippen LogP contribution in [-0.2, 0) is 11.2 Å². The first-order valence-electron chi connectivity index (χ1n) is 6.52. The number of carbonyl (C=O) groups is 1. The maximum Gasteiger partial charge on any atom is 0.0451 e. The highest BCUT2D eigenvalue weighted by atomic mass is 16.4. The van der Waals surface area contributed by atoms with E-state index in [1.807, 2.05) is 30.3 Å². The molecule has 2 nitrogen and oxygen atoms in total. The number of rotatable bonds is 4. The van der Waals surface area contributed by atoms with Gasteiger partial charge in [0.25, 0.3) is 0 Å². The molecule has 1 atom stereocenters. The summed E-state index contributed by atoms with van der Waals surface area (Å²) < 4.78 is 0. The molecule has 0 bridgehead atoms. The second-order valence-electron chi connectivity index (χ2n) is 5.01. The number of carboxylic acids is 1. The van der Waals surface area contributed by atoms with Gasteiger partial charge in [-0.25, -0.2) is 0 Å². The third-order valence-corrected chi connectivity index (χ3v) is 3.82. The largest absolute Gasteiger partial charge is 0.550 e. The molecule has 0 spiro atoms. The van der Waals surface area contributed by atoms with Gasteiger partial charge < -0.3 is 9.90 Å². The molecule has 0 N–H and O–H groups in total. The summed E-state index contributed by atoms with van der Waals surface area (Å²) in [5, 5.41) is 11.3. The highest BCUT2D eigenvalue weighted by Gasteiger charge is 2.24. The number of hydrogen-bond acceptors (Lipinski definition) is 2. The first-order chi connectivity index (χ1) is 8.27. The van der Waals surface area contributed by atoms with E-state index in [2.05, 4.69) is 0 Å². The van der Waals surface area contributed by atoms with Crippen LogP contribution in [-0.4, -0.2) is 5.97 Å². The molecule has 1 saturated carbocycles. The zero-order chi connectivity index (χ0) is 12.1. The molecule has 0 radical (unpaired) electrons. The maximum absolute atomic E-state index is 11.3. The van der Waals surface area contributed by atoms with Gasteiger partial charge in [0.1, 0.15) is 0 Å². The third-order valence-electron chi connectivity index (χ3n) is 3.82. The van der Waals surface area contributed by atoms with Crippen LogP contribution in [0.5, 0.6) is 0 Å². The molecule has 1 aliphatic rings. The van der Waals surface area contributed by atoms with Crippen molar-refractivity contribution in [2.45, 2.75) is 38.5 Å². The van der Waals surface area contributed by atoms with Gasteiger partial charge >= 0.3 is 0 Å². The van der Waals surface area contributed by atoms with E-state index in [9.17, 15) is 9.90 Å². The topological polar surface area (TPSA) is 40.1 Å². The van der Waals surface area contributed by atoms with Gasteiger partial charge in [-0.2, -0.15) is 0 Å². The molecule has 2 rings (SSSR count). The molecule has 1 aromatic carbocycles. The van der Waals surface area contributed by atoms with E-state index < -0.39 is 5.97 Å². The van der Waals surface area contributed by atoms with Crippen LogP contribution in [0.25, 0.3) is 0 Å². The molecule has 1 aliphatic carbocycles. The van der Waals surface area contributed by atoms with Crippen LogP contribution in [0.2, 0.25) is 0 Å². The van der Waals surface area contributed by atoms with Crippen molar-refractivity contribution in [3.63, 3.8) is 0 Å². The Morgan fingerprint density at radius 1 is 1.18 bits per heavy atom. The molecule has 0 saturated heterocycles. The minimum Gasteiger partial charge on any atom is -0.550 e. The van der Waals surface area contributed by atoms with E-state index in [1.165, 1.54) is 19.3 Å².